The van der Waals surface area contributed by atoms with Gasteiger partial charge in [0.1, 0.15) is 4.21 Å². The average molecular weight is 628 g/mol. The van der Waals surface area contributed by atoms with Crippen molar-refractivity contribution in [2.75, 3.05) is 24.3 Å². The van der Waals surface area contributed by atoms with Crippen molar-refractivity contribution in [2.45, 2.75) is 54.3 Å². The van der Waals surface area contributed by atoms with Gasteiger partial charge in [0, 0.05) is 23.8 Å². The Bertz CT molecular complexity index is 1600. The van der Waals surface area contributed by atoms with Gasteiger partial charge >= 0.3 is 0 Å². The molecule has 2 unspecified atom stereocenters. The number of anilines is 2. The first-order valence-corrected chi connectivity index (χ1v) is 16.5. The van der Waals surface area contributed by atoms with Gasteiger partial charge in [-0.05, 0) is 69.2 Å². The number of thiophene rings is 1. The molecule has 1 fully saturated rings. The number of rotatable bonds is 9. The number of hydrogen-bond acceptors (Lipinski definition) is 8. The molecule has 40 heavy (non-hydrogen) atoms. The summed E-state index contributed by atoms with van der Waals surface area (Å²) in [6.45, 7) is 3.81. The van der Waals surface area contributed by atoms with Gasteiger partial charge in [-0.2, -0.15) is 4.31 Å². The Morgan fingerprint density at radius 2 is 1.55 bits per heavy atom. The second-order valence-electron chi connectivity index (χ2n) is 9.36. The lowest BCUT2D eigenvalue weighted by molar-refractivity contribution is 0.102. The molecule has 0 radical (unpaired) electrons. The minimum atomic E-state index is -4.07. The van der Waals surface area contributed by atoms with Gasteiger partial charge in [-0.15, -0.1) is 11.3 Å². The van der Waals surface area contributed by atoms with Crippen LogP contribution in [0.2, 0.25) is 4.34 Å². The monoisotopic (exact) mass is 627 g/mol. The van der Waals surface area contributed by atoms with Crippen molar-refractivity contribution in [3.05, 3.63) is 58.4 Å². The Hall–Kier alpha value is -2.84. The summed E-state index contributed by atoms with van der Waals surface area (Å²) >= 11 is 6.78. The molecular formula is C26H30ClN3O7S3. The van der Waals surface area contributed by atoms with Crippen LogP contribution in [0, 0.1) is 0 Å². The zero-order chi connectivity index (χ0) is 29.2. The van der Waals surface area contributed by atoms with Crippen molar-refractivity contribution >= 4 is 60.3 Å². The summed E-state index contributed by atoms with van der Waals surface area (Å²) in [7, 11) is -5.02. The van der Waals surface area contributed by atoms with E-state index in [1.807, 2.05) is 13.8 Å². The average Bonchev–Trinajstić information content (AvgIpc) is 3.35. The number of methoxy groups -OCH3 is 2. The molecule has 4 rings (SSSR count). The predicted molar refractivity (Wildman–Crippen MR) is 156 cm³/mol. The zero-order valence-corrected chi connectivity index (χ0v) is 25.5. The first-order valence-electron chi connectivity index (χ1n) is 12.4. The molecule has 2 N–H and O–H groups in total. The molecule has 2 aromatic carbocycles. The highest BCUT2D eigenvalue weighted by Gasteiger charge is 2.35. The summed E-state index contributed by atoms with van der Waals surface area (Å²) in [4.78, 5) is 13.5. The summed E-state index contributed by atoms with van der Waals surface area (Å²) in [6.07, 6.45) is 2.58. The van der Waals surface area contributed by atoms with Gasteiger partial charge in [0.05, 0.1) is 34.7 Å². The van der Waals surface area contributed by atoms with Crippen molar-refractivity contribution in [2.24, 2.45) is 0 Å². The van der Waals surface area contributed by atoms with Crippen molar-refractivity contribution in [1.29, 1.82) is 0 Å². The molecule has 3 aromatic rings. The first-order chi connectivity index (χ1) is 18.9. The smallest absolute Gasteiger partial charge is 0.271 e. The molecule has 1 amide bonds. The number of sulfonamides is 2. The molecule has 1 aliphatic rings. The molecule has 1 saturated heterocycles. The quantitative estimate of drug-likeness (QED) is 0.324. The number of halogens is 1. The summed E-state index contributed by atoms with van der Waals surface area (Å²) < 4.78 is 67.5. The number of carbonyl (C=O) groups excluding carboxylic acids is 1. The number of hydrogen-bond donors (Lipinski definition) is 2. The Balaban J connectivity index is 1.62. The number of piperidine rings is 1. The highest BCUT2D eigenvalue weighted by atomic mass is 35.5. The minimum absolute atomic E-state index is 0.0345. The number of nitrogens with one attached hydrogen (secondary N) is 2. The van der Waals surface area contributed by atoms with Crippen LogP contribution in [0.15, 0.2) is 57.6 Å². The van der Waals surface area contributed by atoms with Crippen LogP contribution in [-0.4, -0.2) is 53.4 Å². The lowest BCUT2D eigenvalue weighted by Gasteiger charge is -2.37. The van der Waals surface area contributed by atoms with E-state index in [1.165, 1.54) is 62.8 Å². The fourth-order valence-electron chi connectivity index (χ4n) is 4.69. The van der Waals surface area contributed by atoms with E-state index >= 15 is 0 Å². The molecule has 2 heterocycles. The molecule has 10 nitrogen and oxygen atoms in total. The summed E-state index contributed by atoms with van der Waals surface area (Å²) in [5, 5.41) is 2.70. The molecule has 1 aliphatic heterocycles. The molecule has 0 aliphatic carbocycles. The van der Waals surface area contributed by atoms with E-state index in [4.69, 9.17) is 21.1 Å². The van der Waals surface area contributed by atoms with E-state index in [2.05, 4.69) is 10.0 Å². The lowest BCUT2D eigenvalue weighted by Crippen LogP contribution is -2.47. The molecular weight excluding hydrogens is 598 g/mol. The maximum atomic E-state index is 13.4. The van der Waals surface area contributed by atoms with Gasteiger partial charge < -0.3 is 14.8 Å². The predicted octanol–water partition coefficient (Wildman–Crippen LogP) is 5.42. The van der Waals surface area contributed by atoms with E-state index in [0.717, 1.165) is 30.6 Å². The van der Waals surface area contributed by atoms with Crippen LogP contribution in [0.5, 0.6) is 11.5 Å². The third-order valence-corrected chi connectivity index (χ3v) is 11.9. The van der Waals surface area contributed by atoms with Crippen molar-refractivity contribution in [3.8, 4) is 11.5 Å². The number of benzene rings is 2. The Morgan fingerprint density at radius 3 is 2.10 bits per heavy atom. The van der Waals surface area contributed by atoms with Gasteiger partial charge in [0.2, 0.25) is 10.0 Å². The fourth-order valence-corrected chi connectivity index (χ4v) is 9.13. The third-order valence-electron chi connectivity index (χ3n) is 6.63. The highest BCUT2D eigenvalue weighted by Crippen LogP contribution is 2.36. The molecule has 216 valence electrons. The molecule has 1 aromatic heterocycles. The van der Waals surface area contributed by atoms with Gasteiger partial charge in [-0.25, -0.2) is 16.8 Å². The molecule has 0 spiro atoms. The maximum absolute atomic E-state index is 13.4. The first kappa shape index (κ1) is 30.1. The zero-order valence-electron chi connectivity index (χ0n) is 22.3. The van der Waals surface area contributed by atoms with Crippen molar-refractivity contribution in [3.63, 3.8) is 0 Å². The summed E-state index contributed by atoms with van der Waals surface area (Å²) in [5.74, 6) is -0.241. The maximum Gasteiger partial charge on any atom is 0.271 e. The number of ether oxygens (including phenoxy) is 2. The Morgan fingerprint density at radius 1 is 0.950 bits per heavy atom. The largest absolute Gasteiger partial charge is 0.493 e. The molecule has 0 saturated carbocycles. The van der Waals surface area contributed by atoms with Crippen LogP contribution in [0.4, 0.5) is 11.4 Å². The lowest BCUT2D eigenvalue weighted by atomic mass is 10.0. The van der Waals surface area contributed by atoms with Gasteiger partial charge in [-0.1, -0.05) is 18.0 Å². The normalized spacial score (nSPS) is 18.2. The third kappa shape index (κ3) is 6.23. The SMILES string of the molecule is COc1cc(NS(=O)(=O)c2ccc(Cl)s2)c(C(=O)Nc2ccc(S(=O)(=O)N3C(C)CCCC3C)cc2)cc1OC. The van der Waals surface area contributed by atoms with E-state index in [0.29, 0.717) is 10.0 Å². The van der Waals surface area contributed by atoms with E-state index < -0.39 is 26.0 Å². The van der Waals surface area contributed by atoms with Gasteiger partial charge in [0.15, 0.2) is 11.5 Å². The molecule has 2 atom stereocenters. The summed E-state index contributed by atoms with van der Waals surface area (Å²) in [6, 6.07) is 11.2. The van der Waals surface area contributed by atoms with Crippen LogP contribution in [-0.2, 0) is 20.0 Å². The number of carbonyl (C=O) groups is 1. The standard InChI is InChI=1S/C26H30ClN3O7S3/c1-16-6-5-7-17(2)30(16)40(34,35)19-10-8-18(9-11-19)28-26(31)20-14-22(36-3)23(37-4)15-21(20)29-39(32,33)25-13-12-24(27)38-25/h8-17,29H,5-7H2,1-4H3,(H,28,31). The number of amides is 1. The fraction of sp³-hybridized carbons (Fsp3) is 0.346. The molecule has 0 bridgehead atoms. The topological polar surface area (TPSA) is 131 Å². The van der Waals surface area contributed by atoms with E-state index in [-0.39, 0.29) is 43.9 Å². The van der Waals surface area contributed by atoms with Crippen molar-refractivity contribution in [1.82, 2.24) is 4.31 Å². The second kappa shape index (κ2) is 12.0. The van der Waals surface area contributed by atoms with E-state index in [1.54, 1.807) is 4.31 Å². The minimum Gasteiger partial charge on any atom is -0.493 e. The summed E-state index contributed by atoms with van der Waals surface area (Å²) in [5.41, 5.74) is 0.223. The number of nitrogens with zero attached hydrogens (tertiary/aromatic N) is 1. The Labute approximate surface area is 243 Å². The molecule has 14 heteroatoms. The van der Waals surface area contributed by atoms with Gasteiger partial charge in [-0.3, -0.25) is 9.52 Å². The van der Waals surface area contributed by atoms with Crippen LogP contribution in [0.25, 0.3) is 0 Å². The van der Waals surface area contributed by atoms with Crippen LogP contribution < -0.4 is 19.5 Å². The highest BCUT2D eigenvalue weighted by molar-refractivity contribution is 7.94. The van der Waals surface area contributed by atoms with Crippen molar-refractivity contribution < 1.29 is 31.1 Å². The van der Waals surface area contributed by atoms with Crippen LogP contribution >= 0.6 is 22.9 Å². The second-order valence-corrected chi connectivity index (χ2v) is 14.8. The van der Waals surface area contributed by atoms with E-state index in [9.17, 15) is 21.6 Å². The van der Waals surface area contributed by atoms with Crippen LogP contribution in [0.3, 0.4) is 0 Å². The van der Waals surface area contributed by atoms with Gasteiger partial charge in [0.25, 0.3) is 15.9 Å². The Kier molecular flexibility index (Phi) is 9.00. The van der Waals surface area contributed by atoms with Crippen LogP contribution in [0.1, 0.15) is 43.5 Å².